The van der Waals surface area contributed by atoms with Gasteiger partial charge in [-0.1, -0.05) is 31.0 Å². The molecular weight excluding hydrogens is 348 g/mol. The van der Waals surface area contributed by atoms with Crippen molar-refractivity contribution in [1.29, 1.82) is 0 Å². The summed E-state index contributed by atoms with van der Waals surface area (Å²) in [5.74, 6) is 0.363. The van der Waals surface area contributed by atoms with Crippen LogP contribution in [0.2, 0.25) is 0 Å². The van der Waals surface area contributed by atoms with Gasteiger partial charge in [0.1, 0.15) is 0 Å². The zero-order valence-corrected chi connectivity index (χ0v) is 15.2. The first-order valence-electron chi connectivity index (χ1n) is 8.84. The largest absolute Gasteiger partial charge is 0.353 e. The minimum atomic E-state index is 0.0453. The summed E-state index contributed by atoms with van der Waals surface area (Å²) in [6, 6.07) is 7.92. The Morgan fingerprint density at radius 1 is 1.12 bits per heavy atom. The number of nitrogens with zero attached hydrogens (tertiary/aromatic N) is 5. The Morgan fingerprint density at radius 3 is 2.73 bits per heavy atom. The van der Waals surface area contributed by atoms with Crippen molar-refractivity contribution in [2.24, 2.45) is 0 Å². The zero-order valence-electron chi connectivity index (χ0n) is 14.3. The number of carbonyl (C=O) groups excluding carboxylic acids is 1. The molecule has 1 fully saturated rings. The first kappa shape index (κ1) is 17.0. The van der Waals surface area contributed by atoms with Crippen LogP contribution in [0, 0.1) is 0 Å². The van der Waals surface area contributed by atoms with Crippen molar-refractivity contribution in [2.45, 2.75) is 43.3 Å². The van der Waals surface area contributed by atoms with Gasteiger partial charge in [-0.25, -0.2) is 0 Å². The highest BCUT2D eigenvalue weighted by Crippen LogP contribution is 2.21. The highest BCUT2D eigenvalue weighted by Gasteiger charge is 2.17. The molecule has 0 aromatic carbocycles. The third-order valence-electron chi connectivity index (χ3n) is 4.51. The third kappa shape index (κ3) is 3.85. The van der Waals surface area contributed by atoms with E-state index in [4.69, 9.17) is 0 Å². The zero-order chi connectivity index (χ0) is 17.8. The minimum Gasteiger partial charge on any atom is -0.353 e. The average molecular weight is 368 g/mol. The topological polar surface area (TPSA) is 85.1 Å². The standard InChI is InChI=1S/C18H20N6OS/c25-17(20-14-4-2-1-3-5-14)12-26-18-22-21-16-7-6-15(23-24(16)18)13-8-10-19-11-9-13/h6-11,14H,1-5,12H2,(H,20,25). The maximum absolute atomic E-state index is 12.2. The summed E-state index contributed by atoms with van der Waals surface area (Å²) < 4.78 is 1.69. The second-order valence-corrected chi connectivity index (χ2v) is 7.34. The van der Waals surface area contributed by atoms with Gasteiger partial charge in [0.25, 0.3) is 0 Å². The van der Waals surface area contributed by atoms with Crippen LogP contribution in [0.1, 0.15) is 32.1 Å². The summed E-state index contributed by atoms with van der Waals surface area (Å²) in [6.07, 6.45) is 9.32. The number of aromatic nitrogens is 5. The predicted molar refractivity (Wildman–Crippen MR) is 99.8 cm³/mol. The SMILES string of the molecule is O=C(CSc1nnc2ccc(-c3ccncc3)nn12)NC1CCCCC1. The Balaban J connectivity index is 1.45. The molecule has 0 unspecified atom stereocenters. The van der Waals surface area contributed by atoms with Crippen molar-refractivity contribution in [2.75, 3.05) is 5.75 Å². The molecule has 3 heterocycles. The summed E-state index contributed by atoms with van der Waals surface area (Å²) in [5, 5.41) is 16.7. The van der Waals surface area contributed by atoms with Crippen LogP contribution >= 0.6 is 11.8 Å². The molecule has 3 aromatic heterocycles. The molecule has 1 N–H and O–H groups in total. The van der Waals surface area contributed by atoms with Gasteiger partial charge in [-0.05, 0) is 37.1 Å². The van der Waals surface area contributed by atoms with Crippen LogP contribution in [0.15, 0.2) is 41.8 Å². The third-order valence-corrected chi connectivity index (χ3v) is 5.43. The van der Waals surface area contributed by atoms with Crippen LogP contribution in [0.3, 0.4) is 0 Å². The summed E-state index contributed by atoms with van der Waals surface area (Å²) >= 11 is 1.36. The normalized spacial score (nSPS) is 15.2. The number of hydrogen-bond donors (Lipinski definition) is 1. The number of pyridine rings is 1. The fourth-order valence-corrected chi connectivity index (χ4v) is 3.88. The Bertz CT molecular complexity index is 891. The quantitative estimate of drug-likeness (QED) is 0.697. The maximum Gasteiger partial charge on any atom is 0.230 e. The van der Waals surface area contributed by atoms with E-state index >= 15 is 0 Å². The van der Waals surface area contributed by atoms with Crippen LogP contribution in [0.4, 0.5) is 0 Å². The summed E-state index contributed by atoms with van der Waals surface area (Å²) in [4.78, 5) is 16.2. The lowest BCUT2D eigenvalue weighted by Gasteiger charge is -2.22. The number of carbonyl (C=O) groups is 1. The molecule has 134 valence electrons. The monoisotopic (exact) mass is 368 g/mol. The lowest BCUT2D eigenvalue weighted by molar-refractivity contribution is -0.119. The van der Waals surface area contributed by atoms with Crippen molar-refractivity contribution in [3.05, 3.63) is 36.7 Å². The van der Waals surface area contributed by atoms with E-state index in [1.807, 2.05) is 24.3 Å². The molecule has 1 aliphatic carbocycles. The summed E-state index contributed by atoms with van der Waals surface area (Å²) in [7, 11) is 0. The van der Waals surface area contributed by atoms with E-state index in [-0.39, 0.29) is 5.91 Å². The lowest BCUT2D eigenvalue weighted by atomic mass is 9.95. The molecule has 0 spiro atoms. The summed E-state index contributed by atoms with van der Waals surface area (Å²) in [5.41, 5.74) is 2.45. The van der Waals surface area contributed by atoms with E-state index in [1.165, 1.54) is 31.0 Å². The van der Waals surface area contributed by atoms with Gasteiger partial charge in [-0.2, -0.15) is 9.61 Å². The Kier molecular flexibility index (Phi) is 5.10. The van der Waals surface area contributed by atoms with Gasteiger partial charge in [0, 0.05) is 24.0 Å². The average Bonchev–Trinajstić information content (AvgIpc) is 3.10. The van der Waals surface area contributed by atoms with Gasteiger partial charge in [-0.15, -0.1) is 10.2 Å². The fraction of sp³-hybridized carbons (Fsp3) is 0.389. The fourth-order valence-electron chi connectivity index (χ4n) is 3.18. The molecule has 7 nitrogen and oxygen atoms in total. The maximum atomic E-state index is 12.2. The Morgan fingerprint density at radius 2 is 1.92 bits per heavy atom. The van der Waals surface area contributed by atoms with Gasteiger partial charge >= 0.3 is 0 Å². The molecule has 0 atom stereocenters. The highest BCUT2D eigenvalue weighted by atomic mass is 32.2. The number of hydrogen-bond acceptors (Lipinski definition) is 6. The van der Waals surface area contributed by atoms with Crippen molar-refractivity contribution in [3.63, 3.8) is 0 Å². The molecule has 0 radical (unpaired) electrons. The molecule has 1 amide bonds. The molecule has 8 heteroatoms. The van der Waals surface area contributed by atoms with Gasteiger partial charge < -0.3 is 5.32 Å². The van der Waals surface area contributed by atoms with Crippen molar-refractivity contribution in [3.8, 4) is 11.3 Å². The Hall–Kier alpha value is -2.48. The van der Waals surface area contributed by atoms with E-state index in [1.54, 1.807) is 16.9 Å². The number of amides is 1. The van der Waals surface area contributed by atoms with Crippen LogP contribution in [-0.2, 0) is 4.79 Å². The second kappa shape index (κ2) is 7.82. The highest BCUT2D eigenvalue weighted by molar-refractivity contribution is 7.99. The second-order valence-electron chi connectivity index (χ2n) is 6.40. The number of nitrogens with one attached hydrogen (secondary N) is 1. The first-order valence-corrected chi connectivity index (χ1v) is 9.83. The molecule has 1 aliphatic rings. The minimum absolute atomic E-state index is 0.0453. The van der Waals surface area contributed by atoms with E-state index in [2.05, 4.69) is 25.6 Å². The van der Waals surface area contributed by atoms with Crippen molar-refractivity contribution in [1.82, 2.24) is 30.1 Å². The van der Waals surface area contributed by atoms with E-state index < -0.39 is 0 Å². The van der Waals surface area contributed by atoms with Gasteiger partial charge in [0.05, 0.1) is 11.4 Å². The number of thioether (sulfide) groups is 1. The predicted octanol–water partition coefficient (Wildman–Crippen LogP) is 2.73. The number of rotatable bonds is 5. The van der Waals surface area contributed by atoms with E-state index in [0.29, 0.717) is 22.6 Å². The van der Waals surface area contributed by atoms with Crippen LogP contribution in [0.5, 0.6) is 0 Å². The lowest BCUT2D eigenvalue weighted by Crippen LogP contribution is -2.37. The van der Waals surface area contributed by atoms with Crippen molar-refractivity contribution >= 4 is 23.3 Å². The van der Waals surface area contributed by atoms with E-state index in [9.17, 15) is 4.79 Å². The van der Waals surface area contributed by atoms with Crippen LogP contribution in [0.25, 0.3) is 16.9 Å². The molecule has 0 saturated heterocycles. The van der Waals surface area contributed by atoms with Crippen molar-refractivity contribution < 1.29 is 4.79 Å². The van der Waals surface area contributed by atoms with E-state index in [0.717, 1.165) is 24.1 Å². The molecule has 0 aliphatic heterocycles. The summed E-state index contributed by atoms with van der Waals surface area (Å²) in [6.45, 7) is 0. The molecular formula is C18H20N6OS. The number of fused-ring (bicyclic) bond motifs is 1. The molecule has 3 aromatic rings. The van der Waals surface area contributed by atoms with Crippen LogP contribution in [-0.4, -0.2) is 42.5 Å². The van der Waals surface area contributed by atoms with Gasteiger partial charge in [-0.3, -0.25) is 9.78 Å². The molecule has 26 heavy (non-hydrogen) atoms. The molecule has 1 saturated carbocycles. The Labute approximate surface area is 155 Å². The molecule has 0 bridgehead atoms. The van der Waals surface area contributed by atoms with Gasteiger partial charge in [0.15, 0.2) is 5.65 Å². The van der Waals surface area contributed by atoms with Gasteiger partial charge in [0.2, 0.25) is 11.1 Å². The molecule has 4 rings (SSSR count). The smallest absolute Gasteiger partial charge is 0.230 e. The van der Waals surface area contributed by atoms with Crippen LogP contribution < -0.4 is 5.32 Å². The first-order chi connectivity index (χ1) is 12.8.